The number of carboxylic acids is 1. The predicted octanol–water partition coefficient (Wildman–Crippen LogP) is 2.08. The second-order valence-corrected chi connectivity index (χ2v) is 7.86. The van der Waals surface area contributed by atoms with Crippen molar-refractivity contribution in [1.29, 1.82) is 0 Å². The van der Waals surface area contributed by atoms with Gasteiger partial charge in [0.05, 0.1) is 11.3 Å². The fourth-order valence-corrected chi connectivity index (χ4v) is 3.94. The molecule has 3 rings (SSSR count). The summed E-state index contributed by atoms with van der Waals surface area (Å²) >= 11 is 1.60. The van der Waals surface area contributed by atoms with E-state index >= 15 is 0 Å². The number of thioether (sulfide) groups is 1. The molecule has 7 heteroatoms. The van der Waals surface area contributed by atoms with Crippen LogP contribution in [0.2, 0.25) is 0 Å². The van der Waals surface area contributed by atoms with Crippen LogP contribution in [-0.4, -0.2) is 53.7 Å². The molecule has 25 heavy (non-hydrogen) atoms. The summed E-state index contributed by atoms with van der Waals surface area (Å²) in [5.74, 6) is -1.44. The van der Waals surface area contributed by atoms with Crippen LogP contribution in [0, 0.1) is 11.3 Å². The number of anilines is 1. The van der Waals surface area contributed by atoms with E-state index in [1.54, 1.807) is 28.5 Å². The Balaban J connectivity index is 1.70. The fourth-order valence-electron chi connectivity index (χ4n) is 3.48. The zero-order chi connectivity index (χ0) is 18.2. The van der Waals surface area contributed by atoms with Gasteiger partial charge in [0.25, 0.3) is 0 Å². The summed E-state index contributed by atoms with van der Waals surface area (Å²) in [6, 6.07) is 7.71. The molecule has 0 bridgehead atoms. The van der Waals surface area contributed by atoms with E-state index in [0.717, 1.165) is 10.6 Å². The molecule has 0 aliphatic carbocycles. The van der Waals surface area contributed by atoms with E-state index in [0.29, 0.717) is 19.5 Å². The number of hydrogen-bond donors (Lipinski definition) is 1. The van der Waals surface area contributed by atoms with Gasteiger partial charge in [0, 0.05) is 36.6 Å². The first kappa shape index (κ1) is 17.8. The Morgan fingerprint density at radius 1 is 1.36 bits per heavy atom. The lowest BCUT2D eigenvalue weighted by atomic mass is 9.90. The molecule has 0 saturated carbocycles. The standard InChI is InChI=1S/C18H22N2O4S/c1-18(17(23)24)6-7-19(11-18)16(22)12-8-15(21)20(10-12)13-4-3-5-14(9-13)25-2/h3-5,9,12H,6-8,10-11H2,1-2H3,(H,23,24). The van der Waals surface area contributed by atoms with Crippen molar-refractivity contribution in [2.75, 3.05) is 30.8 Å². The van der Waals surface area contributed by atoms with Gasteiger partial charge in [-0.1, -0.05) is 6.07 Å². The maximum absolute atomic E-state index is 12.8. The van der Waals surface area contributed by atoms with Gasteiger partial charge in [-0.2, -0.15) is 0 Å². The molecular formula is C18H22N2O4S. The van der Waals surface area contributed by atoms with Crippen molar-refractivity contribution in [1.82, 2.24) is 4.90 Å². The molecule has 0 radical (unpaired) electrons. The minimum absolute atomic E-state index is 0.0585. The van der Waals surface area contributed by atoms with Crippen LogP contribution >= 0.6 is 11.8 Å². The highest BCUT2D eigenvalue weighted by molar-refractivity contribution is 7.98. The highest BCUT2D eigenvalue weighted by Crippen LogP contribution is 2.33. The molecule has 2 unspecified atom stereocenters. The number of carboxylic acid groups (broad SMARTS) is 1. The molecule has 1 aromatic rings. The van der Waals surface area contributed by atoms with Crippen LogP contribution in [0.5, 0.6) is 0 Å². The number of carbonyl (C=O) groups excluding carboxylic acids is 2. The molecule has 0 spiro atoms. The van der Waals surface area contributed by atoms with Crippen LogP contribution in [0.4, 0.5) is 5.69 Å². The molecule has 2 atom stereocenters. The number of aliphatic carboxylic acids is 1. The highest BCUT2D eigenvalue weighted by atomic mass is 32.2. The van der Waals surface area contributed by atoms with Crippen LogP contribution < -0.4 is 4.90 Å². The monoisotopic (exact) mass is 362 g/mol. The molecule has 134 valence electrons. The zero-order valence-corrected chi connectivity index (χ0v) is 15.2. The molecule has 0 aromatic heterocycles. The summed E-state index contributed by atoms with van der Waals surface area (Å²) in [6.45, 7) is 2.68. The number of nitrogens with zero attached hydrogens (tertiary/aromatic N) is 2. The van der Waals surface area contributed by atoms with Gasteiger partial charge < -0.3 is 14.9 Å². The van der Waals surface area contributed by atoms with E-state index in [9.17, 15) is 19.5 Å². The highest BCUT2D eigenvalue weighted by Gasteiger charge is 2.45. The molecule has 1 N–H and O–H groups in total. The third-order valence-electron chi connectivity index (χ3n) is 5.14. The van der Waals surface area contributed by atoms with Gasteiger partial charge in [-0.3, -0.25) is 14.4 Å². The lowest BCUT2D eigenvalue weighted by Crippen LogP contribution is -2.39. The smallest absolute Gasteiger partial charge is 0.311 e. The summed E-state index contributed by atoms with van der Waals surface area (Å²) in [5.41, 5.74) is -0.0751. The van der Waals surface area contributed by atoms with Crippen molar-refractivity contribution in [3.05, 3.63) is 24.3 Å². The Labute approximate surface area is 151 Å². The first-order valence-corrected chi connectivity index (χ1v) is 9.53. The topological polar surface area (TPSA) is 77.9 Å². The molecule has 1 aromatic carbocycles. The Bertz CT molecular complexity index is 723. The predicted molar refractivity (Wildman–Crippen MR) is 95.6 cm³/mol. The first-order valence-electron chi connectivity index (χ1n) is 8.31. The molecule has 2 aliphatic heterocycles. The summed E-state index contributed by atoms with van der Waals surface area (Å²) < 4.78 is 0. The average molecular weight is 362 g/mol. The van der Waals surface area contributed by atoms with Gasteiger partial charge in [0.1, 0.15) is 0 Å². The Hall–Kier alpha value is -2.02. The molecule has 2 aliphatic rings. The van der Waals surface area contributed by atoms with E-state index in [-0.39, 0.29) is 24.8 Å². The zero-order valence-electron chi connectivity index (χ0n) is 14.4. The lowest BCUT2D eigenvalue weighted by molar-refractivity contribution is -0.147. The number of likely N-dealkylation sites (tertiary alicyclic amines) is 1. The number of rotatable bonds is 4. The van der Waals surface area contributed by atoms with Crippen LogP contribution in [0.25, 0.3) is 0 Å². The second-order valence-electron chi connectivity index (χ2n) is 6.98. The number of carbonyl (C=O) groups is 3. The average Bonchev–Trinajstić information content (AvgIpc) is 3.18. The lowest BCUT2D eigenvalue weighted by Gasteiger charge is -2.23. The maximum Gasteiger partial charge on any atom is 0.311 e. The van der Waals surface area contributed by atoms with Crippen LogP contribution in [0.15, 0.2) is 29.2 Å². The van der Waals surface area contributed by atoms with Gasteiger partial charge in [0.2, 0.25) is 11.8 Å². The summed E-state index contributed by atoms with van der Waals surface area (Å²) in [7, 11) is 0. The van der Waals surface area contributed by atoms with Gasteiger partial charge >= 0.3 is 5.97 Å². The van der Waals surface area contributed by atoms with Gasteiger partial charge in [0.15, 0.2) is 0 Å². The van der Waals surface area contributed by atoms with E-state index in [2.05, 4.69) is 0 Å². The molecule has 2 saturated heterocycles. The molecule has 6 nitrogen and oxygen atoms in total. The van der Waals surface area contributed by atoms with Crippen LogP contribution in [-0.2, 0) is 14.4 Å². The SMILES string of the molecule is CSc1cccc(N2CC(C(=O)N3CCC(C)(C(=O)O)C3)CC2=O)c1. The molecule has 2 amide bonds. The second kappa shape index (κ2) is 6.71. The van der Waals surface area contributed by atoms with Gasteiger partial charge in [-0.05, 0) is 37.8 Å². The fraction of sp³-hybridized carbons (Fsp3) is 0.500. The van der Waals surface area contributed by atoms with Crippen molar-refractivity contribution < 1.29 is 19.5 Å². The quantitative estimate of drug-likeness (QED) is 0.830. The maximum atomic E-state index is 12.8. The van der Waals surface area contributed by atoms with Crippen LogP contribution in [0.3, 0.4) is 0 Å². The third-order valence-corrected chi connectivity index (χ3v) is 5.87. The number of hydrogen-bond acceptors (Lipinski definition) is 4. The third kappa shape index (κ3) is 3.38. The first-order chi connectivity index (χ1) is 11.8. The Morgan fingerprint density at radius 2 is 2.12 bits per heavy atom. The van der Waals surface area contributed by atoms with E-state index < -0.39 is 17.3 Å². The summed E-state index contributed by atoms with van der Waals surface area (Å²) in [5, 5.41) is 9.32. The Morgan fingerprint density at radius 3 is 2.76 bits per heavy atom. The van der Waals surface area contributed by atoms with Crippen molar-refractivity contribution >= 4 is 35.2 Å². The Kier molecular flexibility index (Phi) is 4.77. The molecular weight excluding hydrogens is 340 g/mol. The van der Waals surface area contributed by atoms with Gasteiger partial charge in [-0.25, -0.2) is 0 Å². The van der Waals surface area contributed by atoms with E-state index in [1.807, 2.05) is 30.5 Å². The van der Waals surface area contributed by atoms with Crippen molar-refractivity contribution in [3.63, 3.8) is 0 Å². The van der Waals surface area contributed by atoms with Crippen molar-refractivity contribution in [3.8, 4) is 0 Å². The number of benzene rings is 1. The van der Waals surface area contributed by atoms with Crippen molar-refractivity contribution in [2.24, 2.45) is 11.3 Å². The summed E-state index contributed by atoms with van der Waals surface area (Å²) in [4.78, 5) is 40.8. The normalized spacial score (nSPS) is 26.3. The summed E-state index contributed by atoms with van der Waals surface area (Å²) in [6.07, 6.45) is 2.61. The van der Waals surface area contributed by atoms with Gasteiger partial charge in [-0.15, -0.1) is 11.8 Å². The van der Waals surface area contributed by atoms with Crippen LogP contribution in [0.1, 0.15) is 19.8 Å². The minimum atomic E-state index is -0.884. The molecule has 2 fully saturated rings. The van der Waals surface area contributed by atoms with Crippen molar-refractivity contribution in [2.45, 2.75) is 24.7 Å². The van der Waals surface area contributed by atoms with E-state index in [4.69, 9.17) is 0 Å². The minimum Gasteiger partial charge on any atom is -0.481 e. The molecule has 2 heterocycles. The largest absolute Gasteiger partial charge is 0.481 e. The number of amides is 2. The van der Waals surface area contributed by atoms with E-state index in [1.165, 1.54) is 0 Å².